The van der Waals surface area contributed by atoms with E-state index in [2.05, 4.69) is 0 Å². The topological polar surface area (TPSA) is 58.9 Å². The molecule has 0 amide bonds. The number of hydrogen-bond acceptors (Lipinski definition) is 4. The van der Waals surface area contributed by atoms with Gasteiger partial charge in [0.15, 0.2) is 0 Å². The van der Waals surface area contributed by atoms with Crippen LogP contribution in [0.4, 0.5) is 0 Å². The summed E-state index contributed by atoms with van der Waals surface area (Å²) in [6, 6.07) is 0. The maximum atomic E-state index is 9.41. The van der Waals surface area contributed by atoms with Gasteiger partial charge in [0.1, 0.15) is 18.3 Å². The summed E-state index contributed by atoms with van der Waals surface area (Å²) in [6.45, 7) is 1.65. The van der Waals surface area contributed by atoms with Crippen molar-refractivity contribution in [1.82, 2.24) is 0 Å². The molecule has 4 atom stereocenters. The predicted octanol–water partition coefficient (Wildman–Crippen LogP) is -0.858. The van der Waals surface area contributed by atoms with E-state index in [1.54, 1.807) is 0 Å². The molecule has 11 heavy (non-hydrogen) atoms. The van der Waals surface area contributed by atoms with E-state index < -0.39 is 12.2 Å². The smallest absolute Gasteiger partial charge is 0.111 e. The molecule has 0 aromatic rings. The average Bonchev–Trinajstić information content (AvgIpc) is 2.26. The Morgan fingerprint density at radius 2 is 2.18 bits per heavy atom. The van der Waals surface area contributed by atoms with Crippen LogP contribution in [0, 0.1) is 0 Å². The minimum atomic E-state index is -0.708. The first kappa shape index (κ1) is 8.93. The van der Waals surface area contributed by atoms with Crippen LogP contribution >= 0.6 is 0 Å². The van der Waals surface area contributed by atoms with Crippen molar-refractivity contribution < 1.29 is 19.7 Å². The zero-order valence-electron chi connectivity index (χ0n) is 6.73. The molecule has 0 aromatic heterocycles. The monoisotopic (exact) mass is 162 g/mol. The van der Waals surface area contributed by atoms with E-state index in [4.69, 9.17) is 14.6 Å². The lowest BCUT2D eigenvalue weighted by Gasteiger charge is -2.14. The van der Waals surface area contributed by atoms with E-state index in [9.17, 15) is 5.11 Å². The van der Waals surface area contributed by atoms with Gasteiger partial charge in [-0.2, -0.15) is 0 Å². The van der Waals surface area contributed by atoms with Gasteiger partial charge in [-0.25, -0.2) is 0 Å². The van der Waals surface area contributed by atoms with E-state index in [0.29, 0.717) is 0 Å². The van der Waals surface area contributed by atoms with Gasteiger partial charge in [0.25, 0.3) is 0 Å². The Morgan fingerprint density at radius 3 is 2.45 bits per heavy atom. The van der Waals surface area contributed by atoms with E-state index in [1.165, 1.54) is 7.11 Å². The molecule has 1 aliphatic heterocycles. The van der Waals surface area contributed by atoms with Gasteiger partial charge in [-0.15, -0.1) is 0 Å². The van der Waals surface area contributed by atoms with Crippen LogP contribution in [0.2, 0.25) is 0 Å². The maximum absolute atomic E-state index is 9.41. The van der Waals surface area contributed by atoms with E-state index in [0.717, 1.165) is 0 Å². The largest absolute Gasteiger partial charge is 0.394 e. The molecule has 4 nitrogen and oxygen atoms in total. The first-order valence-corrected chi connectivity index (χ1v) is 3.68. The molecule has 1 rings (SSSR count). The van der Waals surface area contributed by atoms with Crippen molar-refractivity contribution in [3.05, 3.63) is 0 Å². The Bertz CT molecular complexity index is 128. The molecule has 1 heterocycles. The zero-order chi connectivity index (χ0) is 8.43. The molecule has 1 unspecified atom stereocenters. The fourth-order valence-electron chi connectivity index (χ4n) is 1.40. The lowest BCUT2D eigenvalue weighted by Crippen LogP contribution is -2.34. The van der Waals surface area contributed by atoms with Gasteiger partial charge in [-0.1, -0.05) is 0 Å². The van der Waals surface area contributed by atoms with Gasteiger partial charge < -0.3 is 19.7 Å². The zero-order valence-corrected chi connectivity index (χ0v) is 6.73. The summed E-state index contributed by atoms with van der Waals surface area (Å²) in [5.41, 5.74) is 0. The Balaban J connectivity index is 2.55. The molecule has 0 radical (unpaired) electrons. The highest BCUT2D eigenvalue weighted by Crippen LogP contribution is 2.22. The highest BCUT2D eigenvalue weighted by atomic mass is 16.6. The molecule has 1 saturated heterocycles. The maximum Gasteiger partial charge on any atom is 0.111 e. The summed E-state index contributed by atoms with van der Waals surface area (Å²) in [7, 11) is 1.52. The van der Waals surface area contributed by atoms with Crippen molar-refractivity contribution in [2.75, 3.05) is 13.7 Å². The summed E-state index contributed by atoms with van der Waals surface area (Å²) in [6.07, 6.45) is -1.66. The quantitative estimate of drug-likeness (QED) is 0.555. The van der Waals surface area contributed by atoms with E-state index in [-0.39, 0.29) is 18.8 Å². The predicted molar refractivity (Wildman–Crippen MR) is 38.2 cm³/mol. The van der Waals surface area contributed by atoms with Crippen LogP contribution in [0.15, 0.2) is 0 Å². The molecule has 1 aliphatic rings. The minimum Gasteiger partial charge on any atom is -0.394 e. The Morgan fingerprint density at radius 1 is 1.55 bits per heavy atom. The Hall–Kier alpha value is -0.160. The van der Waals surface area contributed by atoms with Gasteiger partial charge in [0, 0.05) is 7.11 Å². The number of hydrogen-bond donors (Lipinski definition) is 2. The fourth-order valence-corrected chi connectivity index (χ4v) is 1.40. The Kier molecular flexibility index (Phi) is 2.84. The van der Waals surface area contributed by atoms with Crippen LogP contribution in [0.5, 0.6) is 0 Å². The highest BCUT2D eigenvalue weighted by molar-refractivity contribution is 4.88. The Labute approximate surface area is 65.7 Å². The first-order valence-electron chi connectivity index (χ1n) is 3.68. The third-order valence-electron chi connectivity index (χ3n) is 2.02. The highest BCUT2D eigenvalue weighted by Gasteiger charge is 2.40. The molecule has 4 heteroatoms. The molecule has 0 saturated carbocycles. The summed E-state index contributed by atoms with van der Waals surface area (Å²) in [4.78, 5) is 0. The lowest BCUT2D eigenvalue weighted by atomic mass is 10.1. The average molecular weight is 162 g/mol. The number of ether oxygens (including phenoxy) is 2. The second-order valence-electron chi connectivity index (χ2n) is 2.75. The van der Waals surface area contributed by atoms with Crippen LogP contribution in [0.25, 0.3) is 0 Å². The van der Waals surface area contributed by atoms with E-state index >= 15 is 0 Å². The number of methoxy groups -OCH3 is 1. The van der Waals surface area contributed by atoms with Gasteiger partial charge in [0.05, 0.1) is 12.7 Å². The summed E-state index contributed by atoms with van der Waals surface area (Å²) in [5.74, 6) is 0. The lowest BCUT2D eigenvalue weighted by molar-refractivity contribution is -0.0175. The third kappa shape index (κ3) is 1.54. The molecule has 1 fully saturated rings. The van der Waals surface area contributed by atoms with Crippen molar-refractivity contribution in [3.8, 4) is 0 Å². The van der Waals surface area contributed by atoms with Crippen molar-refractivity contribution >= 4 is 0 Å². The number of aliphatic hydroxyl groups is 2. The molecular formula is C7H14O4. The number of rotatable bonds is 2. The molecule has 2 N–H and O–H groups in total. The van der Waals surface area contributed by atoms with Crippen LogP contribution in [0.3, 0.4) is 0 Å². The van der Waals surface area contributed by atoms with Crippen molar-refractivity contribution in [1.29, 1.82) is 0 Å². The van der Waals surface area contributed by atoms with Crippen LogP contribution in [-0.2, 0) is 9.47 Å². The molecule has 0 aromatic carbocycles. The van der Waals surface area contributed by atoms with Gasteiger partial charge in [0.2, 0.25) is 0 Å². The summed E-state index contributed by atoms with van der Waals surface area (Å²) < 4.78 is 10.2. The normalized spacial score (nSPS) is 44.7. The second kappa shape index (κ2) is 3.49. The standard InChI is InChI=1S/C7H14O4/c1-4-7(10-2)6(9)5(3-8)11-4/h4-9H,3H2,1-2H3/t4-,5+,6-,7?/m0/s1. The van der Waals surface area contributed by atoms with Crippen LogP contribution < -0.4 is 0 Å². The molecular weight excluding hydrogens is 148 g/mol. The van der Waals surface area contributed by atoms with Crippen LogP contribution in [0.1, 0.15) is 6.92 Å². The van der Waals surface area contributed by atoms with Crippen molar-refractivity contribution in [3.63, 3.8) is 0 Å². The fraction of sp³-hybridized carbons (Fsp3) is 1.00. The molecule has 0 aliphatic carbocycles. The van der Waals surface area contributed by atoms with Gasteiger partial charge in [-0.3, -0.25) is 0 Å². The molecule has 66 valence electrons. The van der Waals surface area contributed by atoms with Crippen LogP contribution in [-0.4, -0.2) is 48.3 Å². The second-order valence-corrected chi connectivity index (χ2v) is 2.75. The SMILES string of the molecule is COC1[C@H](C)O[C@H](CO)[C@@H]1O. The van der Waals surface area contributed by atoms with Crippen molar-refractivity contribution in [2.24, 2.45) is 0 Å². The summed E-state index contributed by atoms with van der Waals surface area (Å²) >= 11 is 0. The minimum absolute atomic E-state index is 0.146. The van der Waals surface area contributed by atoms with Crippen molar-refractivity contribution in [2.45, 2.75) is 31.3 Å². The molecule has 0 spiro atoms. The molecule has 0 bridgehead atoms. The van der Waals surface area contributed by atoms with E-state index in [1.807, 2.05) is 6.92 Å². The van der Waals surface area contributed by atoms with Gasteiger partial charge in [-0.05, 0) is 6.92 Å². The first-order chi connectivity index (χ1) is 5.20. The summed E-state index contributed by atoms with van der Waals surface area (Å²) in [5, 5.41) is 18.1. The number of aliphatic hydroxyl groups excluding tert-OH is 2. The van der Waals surface area contributed by atoms with Gasteiger partial charge >= 0.3 is 0 Å². The third-order valence-corrected chi connectivity index (χ3v) is 2.02.